The summed E-state index contributed by atoms with van der Waals surface area (Å²) in [6.45, 7) is 0.680. The molecule has 5 rings (SSSR count). The van der Waals surface area contributed by atoms with Crippen molar-refractivity contribution in [1.29, 1.82) is 0 Å². The number of aryl methyl sites for hydroxylation is 1. The topological polar surface area (TPSA) is 55.2 Å². The van der Waals surface area contributed by atoms with Crippen molar-refractivity contribution in [3.05, 3.63) is 62.5 Å². The normalized spacial score (nSPS) is 19.2. The van der Waals surface area contributed by atoms with Crippen molar-refractivity contribution in [2.75, 3.05) is 6.54 Å². The number of thiazole rings is 1. The number of pyridine rings is 1. The van der Waals surface area contributed by atoms with Crippen LogP contribution in [0, 0.1) is 0 Å². The number of hydrogen-bond acceptors (Lipinski definition) is 4. The Kier molecular flexibility index (Phi) is 4.31. The Bertz CT molecular complexity index is 1100. The molecule has 1 saturated heterocycles. The second-order valence-electron chi connectivity index (χ2n) is 7.78. The van der Waals surface area contributed by atoms with Crippen molar-refractivity contribution in [3.63, 3.8) is 0 Å². The van der Waals surface area contributed by atoms with E-state index in [-0.39, 0.29) is 17.5 Å². The third-order valence-corrected chi connectivity index (χ3v) is 7.22. The van der Waals surface area contributed by atoms with Crippen molar-refractivity contribution in [1.82, 2.24) is 14.5 Å². The summed E-state index contributed by atoms with van der Waals surface area (Å²) < 4.78 is 2.84. The molecule has 0 spiro atoms. The first-order chi connectivity index (χ1) is 13.6. The smallest absolute Gasteiger partial charge is 0.263 e. The fraction of sp³-hybridized carbons (Fsp3) is 0.409. The molecule has 2 aromatic heterocycles. The van der Waals surface area contributed by atoms with Crippen molar-refractivity contribution in [2.45, 2.75) is 44.6 Å². The lowest BCUT2D eigenvalue weighted by Crippen LogP contribution is -2.37. The van der Waals surface area contributed by atoms with Crippen LogP contribution in [0.4, 0.5) is 0 Å². The van der Waals surface area contributed by atoms with Gasteiger partial charge in [0.2, 0.25) is 0 Å². The van der Waals surface area contributed by atoms with Gasteiger partial charge in [-0.15, -0.1) is 11.3 Å². The number of carbonyl (C=O) groups is 1. The molecule has 144 valence electrons. The SMILES string of the molecule is Cn1c2c(cc(C(=O)N3CCC[C@@H]3c3nc4ccccc4s3)c1=O)CCCC2. The van der Waals surface area contributed by atoms with E-state index < -0.39 is 0 Å². The maximum atomic E-state index is 13.4. The first kappa shape index (κ1) is 17.6. The average Bonchev–Trinajstić information content (AvgIpc) is 3.36. The lowest BCUT2D eigenvalue weighted by Gasteiger charge is -2.25. The van der Waals surface area contributed by atoms with Gasteiger partial charge in [-0.1, -0.05) is 12.1 Å². The van der Waals surface area contributed by atoms with Crippen molar-refractivity contribution in [3.8, 4) is 0 Å². The molecular formula is C22H23N3O2S. The zero-order valence-corrected chi connectivity index (χ0v) is 16.8. The van der Waals surface area contributed by atoms with Crippen LogP contribution in [-0.4, -0.2) is 26.9 Å². The van der Waals surface area contributed by atoms with Gasteiger partial charge in [0.05, 0.1) is 16.3 Å². The van der Waals surface area contributed by atoms with E-state index in [1.807, 2.05) is 29.2 Å². The highest BCUT2D eigenvalue weighted by atomic mass is 32.1. The molecule has 0 radical (unpaired) electrons. The van der Waals surface area contributed by atoms with Gasteiger partial charge in [0.1, 0.15) is 10.6 Å². The Balaban J connectivity index is 1.52. The van der Waals surface area contributed by atoms with E-state index in [0.29, 0.717) is 12.1 Å². The van der Waals surface area contributed by atoms with Gasteiger partial charge in [0.15, 0.2) is 0 Å². The molecule has 1 fully saturated rings. The Morgan fingerprint density at radius 2 is 2.00 bits per heavy atom. The Morgan fingerprint density at radius 1 is 1.18 bits per heavy atom. The second kappa shape index (κ2) is 6.85. The van der Waals surface area contributed by atoms with Gasteiger partial charge >= 0.3 is 0 Å². The molecule has 0 N–H and O–H groups in total. The van der Waals surface area contributed by atoms with Crippen LogP contribution in [0.25, 0.3) is 10.2 Å². The highest BCUT2D eigenvalue weighted by molar-refractivity contribution is 7.18. The number of hydrogen-bond donors (Lipinski definition) is 0. The maximum absolute atomic E-state index is 13.4. The standard InChI is InChI=1S/C22H23N3O2S/c1-24-17-9-4-2-7-14(17)13-15(21(24)26)22(27)25-12-6-10-18(25)20-23-16-8-3-5-11-19(16)28-20/h3,5,8,11,13,18H,2,4,6-7,9-10,12H2,1H3/t18-/m1/s1. The first-order valence-corrected chi connectivity index (χ1v) is 10.8. The monoisotopic (exact) mass is 393 g/mol. The summed E-state index contributed by atoms with van der Waals surface area (Å²) in [7, 11) is 1.80. The van der Waals surface area contributed by atoms with Crippen molar-refractivity contribution < 1.29 is 4.79 Å². The van der Waals surface area contributed by atoms with Gasteiger partial charge in [0.25, 0.3) is 11.5 Å². The van der Waals surface area contributed by atoms with E-state index in [1.165, 1.54) is 0 Å². The lowest BCUT2D eigenvalue weighted by atomic mass is 9.94. The quantitative estimate of drug-likeness (QED) is 0.664. The number of carbonyl (C=O) groups excluding carboxylic acids is 1. The van der Waals surface area contributed by atoms with Crippen LogP contribution in [0.2, 0.25) is 0 Å². The van der Waals surface area contributed by atoms with Crippen LogP contribution >= 0.6 is 11.3 Å². The molecule has 2 aliphatic rings. The number of fused-ring (bicyclic) bond motifs is 2. The van der Waals surface area contributed by atoms with E-state index in [9.17, 15) is 9.59 Å². The fourth-order valence-corrected chi connectivity index (χ4v) is 5.71. The molecule has 1 amide bonds. The number of amides is 1. The zero-order valence-electron chi connectivity index (χ0n) is 16.0. The lowest BCUT2D eigenvalue weighted by molar-refractivity contribution is 0.0733. The summed E-state index contributed by atoms with van der Waals surface area (Å²) in [4.78, 5) is 33.0. The van der Waals surface area contributed by atoms with Crippen LogP contribution in [0.3, 0.4) is 0 Å². The van der Waals surface area contributed by atoms with Crippen molar-refractivity contribution in [2.24, 2.45) is 7.05 Å². The largest absolute Gasteiger partial charge is 0.329 e. The maximum Gasteiger partial charge on any atom is 0.263 e. The van der Waals surface area contributed by atoms with E-state index in [4.69, 9.17) is 4.98 Å². The number of likely N-dealkylation sites (tertiary alicyclic amines) is 1. The molecule has 0 unspecified atom stereocenters. The Morgan fingerprint density at radius 3 is 2.86 bits per heavy atom. The molecule has 0 saturated carbocycles. The molecule has 5 nitrogen and oxygen atoms in total. The molecule has 1 atom stereocenters. The van der Waals surface area contributed by atoms with Crippen molar-refractivity contribution >= 4 is 27.5 Å². The first-order valence-electron chi connectivity index (χ1n) is 10.0. The molecule has 3 aromatic rings. The van der Waals surface area contributed by atoms with Gasteiger partial charge in [-0.2, -0.15) is 0 Å². The highest BCUT2D eigenvalue weighted by Gasteiger charge is 2.34. The average molecular weight is 394 g/mol. The van der Waals surface area contributed by atoms with Crippen LogP contribution < -0.4 is 5.56 Å². The van der Waals surface area contributed by atoms with Crippen LogP contribution in [-0.2, 0) is 19.9 Å². The molecular weight excluding hydrogens is 370 g/mol. The predicted molar refractivity (Wildman–Crippen MR) is 111 cm³/mol. The fourth-order valence-electron chi connectivity index (χ4n) is 4.60. The van der Waals surface area contributed by atoms with E-state index in [2.05, 4.69) is 6.07 Å². The summed E-state index contributed by atoms with van der Waals surface area (Å²) in [6, 6.07) is 9.91. The Hall–Kier alpha value is -2.47. The second-order valence-corrected chi connectivity index (χ2v) is 8.84. The molecule has 6 heteroatoms. The summed E-state index contributed by atoms with van der Waals surface area (Å²) in [5.41, 5.74) is 3.38. The summed E-state index contributed by atoms with van der Waals surface area (Å²) in [5, 5.41) is 0.974. The van der Waals surface area contributed by atoms with E-state index in [1.54, 1.807) is 23.0 Å². The van der Waals surface area contributed by atoms with Gasteiger partial charge in [-0.3, -0.25) is 9.59 Å². The molecule has 0 bridgehead atoms. The molecule has 28 heavy (non-hydrogen) atoms. The molecule has 1 aliphatic heterocycles. The number of para-hydroxylation sites is 1. The van der Waals surface area contributed by atoms with Gasteiger partial charge < -0.3 is 9.47 Å². The van der Waals surface area contributed by atoms with Gasteiger partial charge in [-0.25, -0.2) is 4.98 Å². The van der Waals surface area contributed by atoms with Crippen LogP contribution in [0.15, 0.2) is 35.1 Å². The van der Waals surface area contributed by atoms with Crippen LogP contribution in [0.5, 0.6) is 0 Å². The minimum Gasteiger partial charge on any atom is -0.329 e. The number of rotatable bonds is 2. The Labute approximate surface area is 167 Å². The minimum absolute atomic E-state index is 0.0364. The summed E-state index contributed by atoms with van der Waals surface area (Å²) >= 11 is 1.65. The van der Waals surface area contributed by atoms with E-state index in [0.717, 1.165) is 65.0 Å². The highest BCUT2D eigenvalue weighted by Crippen LogP contribution is 2.37. The number of nitrogens with zero attached hydrogens (tertiary/aromatic N) is 3. The van der Waals surface area contributed by atoms with Gasteiger partial charge in [-0.05, 0) is 62.3 Å². The molecule has 1 aromatic carbocycles. The third kappa shape index (κ3) is 2.78. The third-order valence-electron chi connectivity index (χ3n) is 6.08. The predicted octanol–water partition coefficient (Wildman–Crippen LogP) is 3.85. The molecule has 1 aliphatic carbocycles. The number of benzene rings is 1. The zero-order chi connectivity index (χ0) is 19.3. The minimum atomic E-state index is -0.166. The number of aromatic nitrogens is 2. The summed E-state index contributed by atoms with van der Waals surface area (Å²) in [6.07, 6.45) is 5.95. The van der Waals surface area contributed by atoms with Crippen LogP contribution in [0.1, 0.15) is 58.3 Å². The molecule has 3 heterocycles. The summed E-state index contributed by atoms with van der Waals surface area (Å²) in [5.74, 6) is -0.143. The van der Waals surface area contributed by atoms with E-state index >= 15 is 0 Å². The van der Waals surface area contributed by atoms with Gasteiger partial charge in [0, 0.05) is 19.3 Å².